The van der Waals surface area contributed by atoms with E-state index in [0.29, 0.717) is 5.52 Å². The van der Waals surface area contributed by atoms with Crippen LogP contribution in [-0.2, 0) is 7.05 Å². The highest BCUT2D eigenvalue weighted by Gasteiger charge is 2.13. The van der Waals surface area contributed by atoms with Crippen molar-refractivity contribution in [3.05, 3.63) is 40.8 Å². The van der Waals surface area contributed by atoms with Crippen LogP contribution in [0.3, 0.4) is 0 Å². The number of nitrogens with zero attached hydrogens (tertiary/aromatic N) is 2. The number of carboxylic acids is 1. The molecule has 96 valence electrons. The van der Waals surface area contributed by atoms with Crippen LogP contribution in [0.2, 0.25) is 0 Å². The minimum atomic E-state index is -0.930. The second-order valence-corrected chi connectivity index (χ2v) is 5.70. The number of hydrogen-bond donors (Lipinski definition) is 1. The number of aromatic nitrogens is 2. The van der Waals surface area contributed by atoms with Gasteiger partial charge >= 0.3 is 5.97 Å². The quantitative estimate of drug-likeness (QED) is 0.778. The number of carbonyl (C=O) groups is 1. The summed E-state index contributed by atoms with van der Waals surface area (Å²) in [5, 5.41) is 9.01. The lowest BCUT2D eigenvalue weighted by Gasteiger charge is -1.99. The Kier molecular flexibility index (Phi) is 2.64. The van der Waals surface area contributed by atoms with Crippen molar-refractivity contribution in [2.75, 3.05) is 0 Å². The predicted octanol–water partition coefficient (Wildman–Crippen LogP) is 3.31. The number of rotatable bonds is 2. The highest BCUT2D eigenvalue weighted by atomic mass is 32.1. The van der Waals surface area contributed by atoms with Crippen LogP contribution in [0.4, 0.5) is 0 Å². The summed E-state index contributed by atoms with van der Waals surface area (Å²) in [6.45, 7) is 2.05. The molecule has 3 rings (SSSR count). The van der Waals surface area contributed by atoms with Crippen LogP contribution < -0.4 is 0 Å². The summed E-state index contributed by atoms with van der Waals surface area (Å²) in [6, 6.07) is 9.12. The molecule has 0 unspecified atom stereocenters. The zero-order chi connectivity index (χ0) is 13.6. The Morgan fingerprint density at radius 2 is 2.11 bits per heavy atom. The molecule has 2 heterocycles. The molecule has 0 bridgehead atoms. The van der Waals surface area contributed by atoms with Crippen molar-refractivity contribution in [2.45, 2.75) is 6.92 Å². The lowest BCUT2D eigenvalue weighted by Crippen LogP contribution is -1.95. The van der Waals surface area contributed by atoms with Crippen molar-refractivity contribution in [1.29, 1.82) is 0 Å². The Morgan fingerprint density at radius 1 is 1.32 bits per heavy atom. The van der Waals surface area contributed by atoms with Gasteiger partial charge in [0.05, 0.1) is 21.5 Å². The van der Waals surface area contributed by atoms with Gasteiger partial charge in [0.1, 0.15) is 0 Å². The van der Waals surface area contributed by atoms with Crippen molar-refractivity contribution in [1.82, 2.24) is 9.55 Å². The van der Waals surface area contributed by atoms with E-state index in [1.807, 2.05) is 17.7 Å². The molecule has 0 fully saturated rings. The SMILES string of the molecule is Cc1ccc(-c2nc3cc(C(=O)O)ccc3n2C)s1. The molecule has 4 nitrogen and oxygen atoms in total. The first kappa shape index (κ1) is 11.9. The number of imidazole rings is 1. The Bertz CT molecular complexity index is 786. The molecule has 5 heteroatoms. The van der Waals surface area contributed by atoms with E-state index in [9.17, 15) is 4.79 Å². The van der Waals surface area contributed by atoms with Gasteiger partial charge in [0, 0.05) is 11.9 Å². The highest BCUT2D eigenvalue weighted by Crippen LogP contribution is 2.29. The largest absolute Gasteiger partial charge is 0.478 e. The maximum absolute atomic E-state index is 11.0. The Hall–Kier alpha value is -2.14. The molecule has 0 aliphatic heterocycles. The second-order valence-electron chi connectivity index (χ2n) is 4.41. The van der Waals surface area contributed by atoms with Crippen LogP contribution in [0, 0.1) is 6.92 Å². The summed E-state index contributed by atoms with van der Waals surface area (Å²) in [5.74, 6) is -0.0586. The maximum Gasteiger partial charge on any atom is 0.335 e. The summed E-state index contributed by atoms with van der Waals surface area (Å²) in [6.07, 6.45) is 0. The van der Waals surface area contributed by atoms with Crippen molar-refractivity contribution in [3.63, 3.8) is 0 Å². The van der Waals surface area contributed by atoms with E-state index in [-0.39, 0.29) is 5.56 Å². The first-order valence-electron chi connectivity index (χ1n) is 5.83. The van der Waals surface area contributed by atoms with E-state index in [2.05, 4.69) is 18.0 Å². The Morgan fingerprint density at radius 3 is 2.74 bits per heavy atom. The molecular weight excluding hydrogens is 260 g/mol. The average Bonchev–Trinajstić information content (AvgIpc) is 2.93. The van der Waals surface area contributed by atoms with Crippen LogP contribution in [0.25, 0.3) is 21.7 Å². The molecule has 0 aliphatic carbocycles. The monoisotopic (exact) mass is 272 g/mol. The van der Waals surface area contributed by atoms with Crippen molar-refractivity contribution >= 4 is 28.3 Å². The summed E-state index contributed by atoms with van der Waals surface area (Å²) >= 11 is 1.68. The zero-order valence-corrected chi connectivity index (χ0v) is 11.4. The van der Waals surface area contributed by atoms with Gasteiger partial charge in [-0.15, -0.1) is 11.3 Å². The third-order valence-electron chi connectivity index (χ3n) is 3.09. The van der Waals surface area contributed by atoms with Crippen molar-refractivity contribution < 1.29 is 9.90 Å². The van der Waals surface area contributed by atoms with Gasteiger partial charge < -0.3 is 9.67 Å². The molecule has 0 saturated heterocycles. The standard InChI is InChI=1S/C14H12N2O2S/c1-8-3-6-12(19-8)13-15-10-7-9(14(17)18)4-5-11(10)16(13)2/h3-7H,1-2H3,(H,17,18). The summed E-state index contributed by atoms with van der Waals surface area (Å²) in [5.41, 5.74) is 1.91. The number of thiophene rings is 1. The lowest BCUT2D eigenvalue weighted by atomic mass is 10.2. The van der Waals surface area contributed by atoms with Gasteiger partial charge in [-0.3, -0.25) is 0 Å². The van der Waals surface area contributed by atoms with E-state index in [1.54, 1.807) is 29.5 Å². The molecular formula is C14H12N2O2S. The second kappa shape index (κ2) is 4.20. The molecule has 0 radical (unpaired) electrons. The number of hydrogen-bond acceptors (Lipinski definition) is 3. The first-order chi connectivity index (χ1) is 9.06. The Labute approximate surface area is 113 Å². The predicted molar refractivity (Wildman–Crippen MR) is 75.7 cm³/mol. The normalized spacial score (nSPS) is 11.1. The average molecular weight is 272 g/mol. The molecule has 3 aromatic rings. The van der Waals surface area contributed by atoms with Crippen LogP contribution in [0.15, 0.2) is 30.3 Å². The maximum atomic E-state index is 11.0. The number of fused-ring (bicyclic) bond motifs is 1. The van der Waals surface area contributed by atoms with Gasteiger partial charge in [0.25, 0.3) is 0 Å². The van der Waals surface area contributed by atoms with Gasteiger partial charge in [0.15, 0.2) is 5.82 Å². The topological polar surface area (TPSA) is 55.1 Å². The van der Waals surface area contributed by atoms with Crippen LogP contribution in [-0.4, -0.2) is 20.6 Å². The molecule has 0 aliphatic rings. The van der Waals surface area contributed by atoms with Gasteiger partial charge in [-0.1, -0.05) is 0 Å². The van der Waals surface area contributed by atoms with Crippen LogP contribution in [0.1, 0.15) is 15.2 Å². The van der Waals surface area contributed by atoms with E-state index in [1.165, 1.54) is 4.88 Å². The fourth-order valence-corrected chi connectivity index (χ4v) is 3.00. The molecule has 19 heavy (non-hydrogen) atoms. The summed E-state index contributed by atoms with van der Waals surface area (Å²) in [4.78, 5) is 17.8. The van der Waals surface area contributed by atoms with Gasteiger partial charge in [-0.2, -0.15) is 0 Å². The minimum Gasteiger partial charge on any atom is -0.478 e. The molecule has 0 atom stereocenters. The lowest BCUT2D eigenvalue weighted by molar-refractivity contribution is 0.0697. The van der Waals surface area contributed by atoms with E-state index in [4.69, 9.17) is 5.11 Å². The summed E-state index contributed by atoms with van der Waals surface area (Å²) in [7, 11) is 1.94. The fourth-order valence-electron chi connectivity index (χ4n) is 2.11. The fraction of sp³-hybridized carbons (Fsp3) is 0.143. The molecule has 0 saturated carbocycles. The molecule has 1 aromatic carbocycles. The molecule has 0 spiro atoms. The number of benzene rings is 1. The highest BCUT2D eigenvalue weighted by molar-refractivity contribution is 7.15. The van der Waals surface area contributed by atoms with Crippen molar-refractivity contribution in [2.24, 2.45) is 7.05 Å². The molecule has 2 aromatic heterocycles. The smallest absolute Gasteiger partial charge is 0.335 e. The summed E-state index contributed by atoms with van der Waals surface area (Å²) < 4.78 is 1.99. The van der Waals surface area contributed by atoms with Crippen LogP contribution >= 0.6 is 11.3 Å². The van der Waals surface area contributed by atoms with Crippen molar-refractivity contribution in [3.8, 4) is 10.7 Å². The van der Waals surface area contributed by atoms with Gasteiger partial charge in [0.2, 0.25) is 0 Å². The first-order valence-corrected chi connectivity index (χ1v) is 6.64. The van der Waals surface area contributed by atoms with E-state index < -0.39 is 5.97 Å². The van der Waals surface area contributed by atoms with Crippen LogP contribution in [0.5, 0.6) is 0 Å². The zero-order valence-electron chi connectivity index (χ0n) is 10.5. The Balaban J connectivity index is 2.22. The van der Waals surface area contributed by atoms with Gasteiger partial charge in [-0.25, -0.2) is 9.78 Å². The number of carboxylic acid groups (broad SMARTS) is 1. The third kappa shape index (κ3) is 1.92. The third-order valence-corrected chi connectivity index (χ3v) is 4.09. The molecule has 0 amide bonds. The van der Waals surface area contributed by atoms with E-state index >= 15 is 0 Å². The van der Waals surface area contributed by atoms with Gasteiger partial charge in [-0.05, 0) is 37.3 Å². The molecule has 1 N–H and O–H groups in total. The van der Waals surface area contributed by atoms with E-state index in [0.717, 1.165) is 16.2 Å². The number of aromatic carboxylic acids is 1. The minimum absolute atomic E-state index is 0.263. The number of aryl methyl sites for hydroxylation is 2.